The fourth-order valence-corrected chi connectivity index (χ4v) is 4.55. The van der Waals surface area contributed by atoms with E-state index in [-0.39, 0.29) is 0 Å². The van der Waals surface area contributed by atoms with Crippen molar-refractivity contribution in [3.8, 4) is 5.75 Å². The van der Waals surface area contributed by atoms with Crippen molar-refractivity contribution in [2.75, 3.05) is 39.2 Å². The number of aromatic nitrogens is 2. The van der Waals surface area contributed by atoms with E-state index in [0.717, 1.165) is 66.2 Å². The van der Waals surface area contributed by atoms with E-state index >= 15 is 0 Å². The quantitative estimate of drug-likeness (QED) is 0.513. The third-order valence-electron chi connectivity index (χ3n) is 6.42. The fraction of sp³-hybridized carbons (Fsp3) is 0.346. The Morgan fingerprint density at radius 1 is 1.12 bits per heavy atom. The number of ether oxygens (including phenoxy) is 1. The Hall–Kier alpha value is -3.45. The van der Waals surface area contributed by atoms with Gasteiger partial charge in [0, 0.05) is 49.7 Å². The van der Waals surface area contributed by atoms with E-state index in [2.05, 4.69) is 56.6 Å². The summed E-state index contributed by atoms with van der Waals surface area (Å²) in [6.07, 6.45) is 5.14. The molecule has 0 saturated carbocycles. The second kappa shape index (κ2) is 10.4. The number of nitrogens with zero attached hydrogens (tertiary/aromatic N) is 4. The van der Waals surface area contributed by atoms with Gasteiger partial charge in [-0.05, 0) is 43.7 Å². The SMILES string of the molecule is CN/C(=C\C=N)c1nnc(N2CCC(N(C)Cc3ccc(OC)cc3)CC2)c2ccccc12. The predicted molar refractivity (Wildman–Crippen MR) is 135 cm³/mol. The van der Waals surface area contributed by atoms with Crippen LogP contribution in [0.2, 0.25) is 0 Å². The molecule has 1 aromatic heterocycles. The molecule has 1 fully saturated rings. The van der Waals surface area contributed by atoms with Gasteiger partial charge in [-0.1, -0.05) is 36.4 Å². The summed E-state index contributed by atoms with van der Waals surface area (Å²) in [6.45, 7) is 2.83. The van der Waals surface area contributed by atoms with Crippen LogP contribution < -0.4 is 15.0 Å². The predicted octanol–water partition coefficient (Wildman–Crippen LogP) is 3.95. The summed E-state index contributed by atoms with van der Waals surface area (Å²) in [5.74, 6) is 1.83. The smallest absolute Gasteiger partial charge is 0.159 e. The zero-order chi connectivity index (χ0) is 23.2. The minimum atomic E-state index is 0.535. The molecule has 7 heteroatoms. The van der Waals surface area contributed by atoms with Crippen molar-refractivity contribution in [1.29, 1.82) is 5.41 Å². The largest absolute Gasteiger partial charge is 0.497 e. The Balaban J connectivity index is 1.48. The van der Waals surface area contributed by atoms with E-state index in [9.17, 15) is 0 Å². The third-order valence-corrected chi connectivity index (χ3v) is 6.42. The van der Waals surface area contributed by atoms with Crippen LogP contribution in [0.25, 0.3) is 16.5 Å². The molecule has 0 bridgehead atoms. The number of rotatable bonds is 8. The average Bonchev–Trinajstić information content (AvgIpc) is 2.87. The van der Waals surface area contributed by atoms with Crippen LogP contribution in [0.15, 0.2) is 54.6 Å². The van der Waals surface area contributed by atoms with Crippen LogP contribution in [0.3, 0.4) is 0 Å². The van der Waals surface area contributed by atoms with Crippen LogP contribution in [-0.4, -0.2) is 61.6 Å². The van der Waals surface area contributed by atoms with Gasteiger partial charge in [-0.2, -0.15) is 0 Å². The molecule has 0 amide bonds. The summed E-state index contributed by atoms with van der Waals surface area (Å²) in [5, 5.41) is 21.9. The van der Waals surface area contributed by atoms with Gasteiger partial charge < -0.3 is 20.4 Å². The van der Waals surface area contributed by atoms with Gasteiger partial charge in [-0.3, -0.25) is 4.90 Å². The minimum absolute atomic E-state index is 0.535. The number of fused-ring (bicyclic) bond motifs is 1. The zero-order valence-corrected chi connectivity index (χ0v) is 19.6. The zero-order valence-electron chi connectivity index (χ0n) is 19.6. The lowest BCUT2D eigenvalue weighted by molar-refractivity contribution is 0.200. The lowest BCUT2D eigenvalue weighted by Crippen LogP contribution is -2.43. The highest BCUT2D eigenvalue weighted by molar-refractivity contribution is 5.99. The van der Waals surface area contributed by atoms with E-state index in [1.165, 1.54) is 11.8 Å². The topological polar surface area (TPSA) is 77.4 Å². The maximum absolute atomic E-state index is 7.43. The Bertz CT molecular complexity index is 1120. The Labute approximate surface area is 195 Å². The number of hydrogen-bond donors (Lipinski definition) is 2. The lowest BCUT2D eigenvalue weighted by atomic mass is 10.0. The van der Waals surface area contributed by atoms with Crippen molar-refractivity contribution >= 4 is 28.5 Å². The van der Waals surface area contributed by atoms with Crippen LogP contribution in [0, 0.1) is 5.41 Å². The van der Waals surface area contributed by atoms with Crippen LogP contribution in [0.1, 0.15) is 24.1 Å². The molecule has 33 heavy (non-hydrogen) atoms. The third kappa shape index (κ3) is 4.98. The van der Waals surface area contributed by atoms with Crippen LogP contribution >= 0.6 is 0 Å². The van der Waals surface area contributed by atoms with Crippen molar-refractivity contribution < 1.29 is 4.74 Å². The molecule has 1 aliphatic heterocycles. The maximum Gasteiger partial charge on any atom is 0.159 e. The molecule has 3 aromatic rings. The molecule has 0 unspecified atom stereocenters. The summed E-state index contributed by atoms with van der Waals surface area (Å²) in [7, 11) is 5.75. The second-order valence-corrected chi connectivity index (χ2v) is 8.40. The highest BCUT2D eigenvalue weighted by atomic mass is 16.5. The first-order valence-corrected chi connectivity index (χ1v) is 11.4. The second-order valence-electron chi connectivity index (χ2n) is 8.40. The number of allylic oxidation sites excluding steroid dienone is 1. The van der Waals surface area contributed by atoms with Crippen molar-refractivity contribution in [1.82, 2.24) is 20.4 Å². The summed E-state index contributed by atoms with van der Waals surface area (Å²) in [6, 6.07) is 17.1. The first-order chi connectivity index (χ1) is 16.1. The molecular formula is C26H32N6O. The Morgan fingerprint density at radius 2 is 1.82 bits per heavy atom. The van der Waals surface area contributed by atoms with Gasteiger partial charge in [0.2, 0.25) is 0 Å². The monoisotopic (exact) mass is 444 g/mol. The standard InChI is InChI=1S/C26H32N6O/c1-28-24(12-15-27)25-22-6-4-5-7-23(22)26(30-29-25)32-16-13-20(14-17-32)31(2)18-19-8-10-21(33-3)11-9-19/h4-12,15,20,27-28H,13-14,16-18H2,1-3H3/b24-12-,27-15?. The maximum atomic E-state index is 7.43. The van der Waals surface area contributed by atoms with E-state index < -0.39 is 0 Å². The summed E-state index contributed by atoms with van der Waals surface area (Å²) in [5.41, 5.74) is 2.86. The number of piperidine rings is 1. The molecule has 0 spiro atoms. The van der Waals surface area contributed by atoms with Crippen molar-refractivity contribution in [3.63, 3.8) is 0 Å². The number of methoxy groups -OCH3 is 1. The molecule has 0 radical (unpaired) electrons. The Morgan fingerprint density at radius 3 is 2.45 bits per heavy atom. The molecule has 2 heterocycles. The molecule has 0 atom stereocenters. The van der Waals surface area contributed by atoms with Crippen LogP contribution in [0.4, 0.5) is 5.82 Å². The van der Waals surface area contributed by atoms with Gasteiger partial charge in [0.05, 0.1) is 12.8 Å². The first kappa shape index (κ1) is 22.7. The molecule has 1 saturated heterocycles. The van der Waals surface area contributed by atoms with Gasteiger partial charge in [-0.25, -0.2) is 0 Å². The lowest BCUT2D eigenvalue weighted by Gasteiger charge is -2.37. The highest BCUT2D eigenvalue weighted by Gasteiger charge is 2.25. The van der Waals surface area contributed by atoms with Gasteiger partial charge >= 0.3 is 0 Å². The number of anilines is 1. The molecule has 172 valence electrons. The van der Waals surface area contributed by atoms with E-state index in [1.807, 2.05) is 31.3 Å². The van der Waals surface area contributed by atoms with Gasteiger partial charge in [0.25, 0.3) is 0 Å². The van der Waals surface area contributed by atoms with Gasteiger partial charge in [0.15, 0.2) is 5.82 Å². The van der Waals surface area contributed by atoms with Crippen LogP contribution in [-0.2, 0) is 6.54 Å². The fourth-order valence-electron chi connectivity index (χ4n) is 4.55. The molecule has 0 aliphatic carbocycles. The average molecular weight is 445 g/mol. The van der Waals surface area contributed by atoms with Crippen LogP contribution in [0.5, 0.6) is 5.75 Å². The van der Waals surface area contributed by atoms with E-state index in [1.54, 1.807) is 13.2 Å². The highest BCUT2D eigenvalue weighted by Crippen LogP contribution is 2.30. The van der Waals surface area contributed by atoms with Crippen molar-refractivity contribution in [3.05, 3.63) is 65.9 Å². The number of benzene rings is 2. The van der Waals surface area contributed by atoms with E-state index in [0.29, 0.717) is 6.04 Å². The van der Waals surface area contributed by atoms with E-state index in [4.69, 9.17) is 10.1 Å². The summed E-state index contributed by atoms with van der Waals surface area (Å²) in [4.78, 5) is 4.81. The first-order valence-electron chi connectivity index (χ1n) is 11.4. The molecular weight excluding hydrogens is 412 g/mol. The molecule has 7 nitrogen and oxygen atoms in total. The number of nitrogens with one attached hydrogen (secondary N) is 2. The molecule has 4 rings (SSSR count). The Kier molecular flexibility index (Phi) is 7.19. The van der Waals surface area contributed by atoms with Gasteiger partial charge in [0.1, 0.15) is 11.4 Å². The number of hydrogen-bond acceptors (Lipinski definition) is 7. The van der Waals surface area contributed by atoms with Crippen molar-refractivity contribution in [2.24, 2.45) is 0 Å². The summed E-state index contributed by atoms with van der Waals surface area (Å²) < 4.78 is 5.27. The molecule has 2 N–H and O–H groups in total. The minimum Gasteiger partial charge on any atom is -0.497 e. The van der Waals surface area contributed by atoms with Gasteiger partial charge in [-0.15, -0.1) is 10.2 Å². The molecule has 1 aliphatic rings. The molecule has 2 aromatic carbocycles. The normalized spacial score (nSPS) is 15.2. The van der Waals surface area contributed by atoms with Crippen molar-refractivity contribution in [2.45, 2.75) is 25.4 Å². The summed E-state index contributed by atoms with van der Waals surface area (Å²) >= 11 is 0.